The zero-order chi connectivity index (χ0) is 9.97. The lowest BCUT2D eigenvalue weighted by atomic mass is 10.3. The summed E-state index contributed by atoms with van der Waals surface area (Å²) >= 11 is 7.91. The Kier molecular flexibility index (Phi) is 3.02. The van der Waals surface area contributed by atoms with Crippen LogP contribution in [0, 0.1) is 3.57 Å². The SMILES string of the molecule is ClCc1cn(-c2ccccc2I)nn1. The molecule has 0 N–H and O–H groups in total. The van der Waals surface area contributed by atoms with Crippen LogP contribution in [0.25, 0.3) is 5.69 Å². The molecule has 0 saturated heterocycles. The smallest absolute Gasteiger partial charge is 0.0979 e. The fourth-order valence-electron chi connectivity index (χ4n) is 1.11. The van der Waals surface area contributed by atoms with E-state index in [9.17, 15) is 0 Å². The molecule has 0 aliphatic heterocycles. The Morgan fingerprint density at radius 2 is 2.14 bits per heavy atom. The Morgan fingerprint density at radius 3 is 2.79 bits per heavy atom. The van der Waals surface area contributed by atoms with Crippen LogP contribution in [0.4, 0.5) is 0 Å². The molecule has 72 valence electrons. The molecule has 0 bridgehead atoms. The summed E-state index contributed by atoms with van der Waals surface area (Å²) in [6.45, 7) is 0. The Hall–Kier alpha value is -0.620. The Labute approximate surface area is 100 Å². The summed E-state index contributed by atoms with van der Waals surface area (Å²) in [5.41, 5.74) is 1.81. The maximum absolute atomic E-state index is 5.65. The predicted molar refractivity (Wildman–Crippen MR) is 63.6 cm³/mol. The van der Waals surface area contributed by atoms with Crippen molar-refractivity contribution in [1.29, 1.82) is 0 Å². The van der Waals surface area contributed by atoms with Gasteiger partial charge < -0.3 is 0 Å². The number of nitrogens with zero attached hydrogens (tertiary/aromatic N) is 3. The van der Waals surface area contributed by atoms with Gasteiger partial charge in [-0.2, -0.15) is 0 Å². The lowest BCUT2D eigenvalue weighted by molar-refractivity contribution is 0.797. The van der Waals surface area contributed by atoms with E-state index in [4.69, 9.17) is 11.6 Å². The first-order valence-corrected chi connectivity index (χ1v) is 5.64. The average molecular weight is 320 g/mol. The van der Waals surface area contributed by atoms with Crippen LogP contribution in [0.2, 0.25) is 0 Å². The number of alkyl halides is 1. The summed E-state index contributed by atoms with van der Waals surface area (Å²) in [4.78, 5) is 0. The fourth-order valence-corrected chi connectivity index (χ4v) is 1.87. The lowest BCUT2D eigenvalue weighted by Gasteiger charge is -2.01. The highest BCUT2D eigenvalue weighted by molar-refractivity contribution is 14.1. The minimum atomic E-state index is 0.392. The van der Waals surface area contributed by atoms with Gasteiger partial charge in [-0.3, -0.25) is 0 Å². The van der Waals surface area contributed by atoms with Crippen LogP contribution in [0.15, 0.2) is 30.5 Å². The molecule has 1 heterocycles. The summed E-state index contributed by atoms with van der Waals surface area (Å²) in [7, 11) is 0. The molecule has 3 nitrogen and oxygen atoms in total. The molecule has 0 saturated carbocycles. The molecule has 0 radical (unpaired) electrons. The second-order valence-electron chi connectivity index (χ2n) is 2.74. The molecule has 1 aromatic carbocycles. The zero-order valence-electron chi connectivity index (χ0n) is 7.19. The summed E-state index contributed by atoms with van der Waals surface area (Å²) < 4.78 is 2.87. The van der Waals surface area contributed by atoms with Gasteiger partial charge in [0, 0.05) is 3.57 Å². The van der Waals surface area contributed by atoms with Crippen molar-refractivity contribution in [3.05, 3.63) is 39.7 Å². The quantitative estimate of drug-likeness (QED) is 0.629. The van der Waals surface area contributed by atoms with E-state index >= 15 is 0 Å². The standard InChI is InChI=1S/C9H7ClIN3/c10-5-7-6-14(13-12-7)9-4-2-1-3-8(9)11/h1-4,6H,5H2. The average Bonchev–Trinajstić information content (AvgIpc) is 2.67. The second-order valence-corrected chi connectivity index (χ2v) is 4.17. The second kappa shape index (κ2) is 4.27. The number of para-hydroxylation sites is 1. The van der Waals surface area contributed by atoms with Crippen LogP contribution < -0.4 is 0 Å². The maximum Gasteiger partial charge on any atom is 0.0979 e. The van der Waals surface area contributed by atoms with E-state index < -0.39 is 0 Å². The summed E-state index contributed by atoms with van der Waals surface area (Å²) in [6.07, 6.45) is 1.84. The van der Waals surface area contributed by atoms with Crippen molar-refractivity contribution in [2.75, 3.05) is 0 Å². The predicted octanol–water partition coefficient (Wildman–Crippen LogP) is 2.61. The van der Waals surface area contributed by atoms with Crippen LogP contribution in [0.5, 0.6) is 0 Å². The Bertz CT molecular complexity index is 441. The molecule has 2 rings (SSSR count). The third-order valence-corrected chi connectivity index (χ3v) is 2.96. The van der Waals surface area contributed by atoms with Gasteiger partial charge in [0.2, 0.25) is 0 Å². The topological polar surface area (TPSA) is 30.7 Å². The number of rotatable bonds is 2. The first-order valence-electron chi connectivity index (χ1n) is 4.03. The van der Waals surface area contributed by atoms with Gasteiger partial charge in [0.25, 0.3) is 0 Å². The first-order chi connectivity index (χ1) is 6.81. The molecule has 14 heavy (non-hydrogen) atoms. The minimum absolute atomic E-state index is 0.392. The molecule has 0 fully saturated rings. The lowest BCUT2D eigenvalue weighted by Crippen LogP contribution is -1.96. The number of benzene rings is 1. The minimum Gasteiger partial charge on any atom is -0.219 e. The van der Waals surface area contributed by atoms with Gasteiger partial charge in [-0.1, -0.05) is 17.3 Å². The summed E-state index contributed by atoms with van der Waals surface area (Å²) in [6, 6.07) is 7.98. The molecule has 1 aromatic heterocycles. The molecule has 5 heteroatoms. The van der Waals surface area contributed by atoms with Crippen molar-refractivity contribution in [3.8, 4) is 5.69 Å². The fraction of sp³-hybridized carbons (Fsp3) is 0.111. The first kappa shape index (κ1) is 9.92. The maximum atomic E-state index is 5.65. The van der Waals surface area contributed by atoms with E-state index in [1.807, 2.05) is 30.5 Å². The van der Waals surface area contributed by atoms with Gasteiger partial charge in [-0.15, -0.1) is 16.7 Å². The largest absolute Gasteiger partial charge is 0.219 e. The number of aromatic nitrogens is 3. The van der Waals surface area contributed by atoms with Crippen molar-refractivity contribution in [2.45, 2.75) is 5.88 Å². The van der Waals surface area contributed by atoms with Crippen LogP contribution in [0.1, 0.15) is 5.69 Å². The highest BCUT2D eigenvalue weighted by atomic mass is 127. The normalized spacial score (nSPS) is 10.4. The molecule has 0 aliphatic carbocycles. The third kappa shape index (κ3) is 1.90. The molecule has 2 aromatic rings. The molecule has 0 atom stereocenters. The van der Waals surface area contributed by atoms with Crippen molar-refractivity contribution in [1.82, 2.24) is 15.0 Å². The van der Waals surface area contributed by atoms with Crippen LogP contribution in [-0.4, -0.2) is 15.0 Å². The third-order valence-electron chi connectivity index (χ3n) is 1.78. The van der Waals surface area contributed by atoms with Gasteiger partial charge >= 0.3 is 0 Å². The molecule has 0 amide bonds. The van der Waals surface area contributed by atoms with Crippen molar-refractivity contribution < 1.29 is 0 Å². The van der Waals surface area contributed by atoms with Gasteiger partial charge in [0.15, 0.2) is 0 Å². The highest BCUT2D eigenvalue weighted by Gasteiger charge is 2.03. The van der Waals surface area contributed by atoms with E-state index in [1.54, 1.807) is 4.68 Å². The molecular weight excluding hydrogens is 312 g/mol. The van der Waals surface area contributed by atoms with Crippen LogP contribution in [0.3, 0.4) is 0 Å². The van der Waals surface area contributed by atoms with Crippen LogP contribution in [-0.2, 0) is 5.88 Å². The van der Waals surface area contributed by atoms with Crippen LogP contribution >= 0.6 is 34.2 Å². The van der Waals surface area contributed by atoms with Crippen molar-refractivity contribution in [3.63, 3.8) is 0 Å². The van der Waals surface area contributed by atoms with E-state index in [0.29, 0.717) is 5.88 Å². The van der Waals surface area contributed by atoms with Gasteiger partial charge in [-0.05, 0) is 34.7 Å². The van der Waals surface area contributed by atoms with Gasteiger partial charge in [0.05, 0.1) is 23.5 Å². The number of hydrogen-bond acceptors (Lipinski definition) is 2. The zero-order valence-corrected chi connectivity index (χ0v) is 10.1. The Balaban J connectivity index is 2.44. The molecule has 0 spiro atoms. The highest BCUT2D eigenvalue weighted by Crippen LogP contribution is 2.15. The molecule has 0 aliphatic rings. The molecular formula is C9H7ClIN3. The monoisotopic (exact) mass is 319 g/mol. The van der Waals surface area contributed by atoms with E-state index in [2.05, 4.69) is 32.9 Å². The number of hydrogen-bond donors (Lipinski definition) is 0. The van der Waals surface area contributed by atoms with E-state index in [0.717, 1.165) is 15.0 Å². The molecule has 0 unspecified atom stereocenters. The number of halogens is 2. The van der Waals surface area contributed by atoms with Crippen molar-refractivity contribution in [2.24, 2.45) is 0 Å². The van der Waals surface area contributed by atoms with E-state index in [1.165, 1.54) is 0 Å². The Morgan fingerprint density at radius 1 is 1.36 bits per heavy atom. The summed E-state index contributed by atoms with van der Waals surface area (Å²) in [5.74, 6) is 0.392. The van der Waals surface area contributed by atoms with E-state index in [-0.39, 0.29) is 0 Å². The van der Waals surface area contributed by atoms with Crippen molar-refractivity contribution >= 4 is 34.2 Å². The van der Waals surface area contributed by atoms with Gasteiger partial charge in [-0.25, -0.2) is 4.68 Å². The summed E-state index contributed by atoms with van der Waals surface area (Å²) in [5, 5.41) is 7.93. The van der Waals surface area contributed by atoms with Gasteiger partial charge in [0.1, 0.15) is 0 Å².